The maximum absolute atomic E-state index is 12.9. The van der Waals surface area contributed by atoms with Crippen LogP contribution in [-0.2, 0) is 0 Å². The molecule has 0 aliphatic heterocycles. The van der Waals surface area contributed by atoms with Crippen LogP contribution >= 0.6 is 27.5 Å². The highest BCUT2D eigenvalue weighted by atomic mass is 79.9. The highest BCUT2D eigenvalue weighted by Crippen LogP contribution is 2.36. The first kappa shape index (κ1) is 12.8. The maximum atomic E-state index is 12.9. The van der Waals surface area contributed by atoms with Crippen molar-refractivity contribution in [3.05, 3.63) is 34.6 Å². The SMILES string of the molecule is O=C(NCC(Br)C1CC1)c1ccc(F)c(Cl)c1. The van der Waals surface area contributed by atoms with Crippen LogP contribution in [0, 0.1) is 11.7 Å². The Labute approximate surface area is 113 Å². The number of benzene rings is 1. The highest BCUT2D eigenvalue weighted by molar-refractivity contribution is 9.09. The number of amides is 1. The Morgan fingerprint density at radius 2 is 2.29 bits per heavy atom. The van der Waals surface area contributed by atoms with Crippen molar-refractivity contribution in [2.45, 2.75) is 17.7 Å². The molecule has 5 heteroatoms. The molecular formula is C12H12BrClFNO. The summed E-state index contributed by atoms with van der Waals surface area (Å²) in [6.07, 6.45) is 2.43. The van der Waals surface area contributed by atoms with Gasteiger partial charge in [0.05, 0.1) is 5.02 Å². The first-order valence-electron chi connectivity index (χ1n) is 5.45. The van der Waals surface area contributed by atoms with E-state index < -0.39 is 5.82 Å². The molecule has 1 fully saturated rings. The Bertz CT molecular complexity index is 437. The molecule has 1 aromatic carbocycles. The Hall–Kier alpha value is -0.610. The van der Waals surface area contributed by atoms with Gasteiger partial charge in [0.1, 0.15) is 5.82 Å². The molecule has 1 aliphatic carbocycles. The van der Waals surface area contributed by atoms with Crippen molar-refractivity contribution >= 4 is 33.4 Å². The molecule has 0 radical (unpaired) electrons. The smallest absolute Gasteiger partial charge is 0.251 e. The van der Waals surface area contributed by atoms with E-state index in [-0.39, 0.29) is 10.9 Å². The van der Waals surface area contributed by atoms with Crippen LogP contribution in [0.1, 0.15) is 23.2 Å². The van der Waals surface area contributed by atoms with E-state index in [1.165, 1.54) is 31.0 Å². The Balaban J connectivity index is 1.92. The molecule has 1 aliphatic rings. The molecule has 1 saturated carbocycles. The summed E-state index contributed by atoms with van der Waals surface area (Å²) < 4.78 is 12.9. The van der Waals surface area contributed by atoms with Crippen molar-refractivity contribution in [2.24, 2.45) is 5.92 Å². The molecule has 2 rings (SSSR count). The summed E-state index contributed by atoms with van der Waals surface area (Å²) in [5, 5.41) is 2.77. The number of alkyl halides is 1. The average molecular weight is 321 g/mol. The maximum Gasteiger partial charge on any atom is 0.251 e. The second kappa shape index (κ2) is 5.36. The summed E-state index contributed by atoms with van der Waals surface area (Å²) in [4.78, 5) is 12.1. The van der Waals surface area contributed by atoms with Gasteiger partial charge in [-0.3, -0.25) is 4.79 Å². The second-order valence-electron chi connectivity index (χ2n) is 4.19. The summed E-state index contributed by atoms with van der Waals surface area (Å²) in [6, 6.07) is 3.97. The molecule has 0 aromatic heterocycles. The molecule has 0 heterocycles. The summed E-state index contributed by atoms with van der Waals surface area (Å²) >= 11 is 9.15. The van der Waals surface area contributed by atoms with Gasteiger partial charge in [0.25, 0.3) is 5.91 Å². The number of carbonyl (C=O) groups is 1. The fourth-order valence-corrected chi connectivity index (χ4v) is 2.43. The predicted molar refractivity (Wildman–Crippen MR) is 69.2 cm³/mol. The van der Waals surface area contributed by atoms with Crippen LogP contribution in [0.15, 0.2) is 18.2 Å². The Kier molecular flexibility index (Phi) is 4.05. The third kappa shape index (κ3) is 3.42. The van der Waals surface area contributed by atoms with E-state index >= 15 is 0 Å². The summed E-state index contributed by atoms with van der Waals surface area (Å²) in [6.45, 7) is 0.582. The van der Waals surface area contributed by atoms with E-state index in [4.69, 9.17) is 11.6 Å². The van der Waals surface area contributed by atoms with Crippen molar-refractivity contribution in [1.29, 1.82) is 0 Å². The van der Waals surface area contributed by atoms with Crippen molar-refractivity contribution in [1.82, 2.24) is 5.32 Å². The minimum absolute atomic E-state index is 0.0322. The molecule has 0 spiro atoms. The number of nitrogens with one attached hydrogen (secondary N) is 1. The van der Waals surface area contributed by atoms with E-state index in [2.05, 4.69) is 21.2 Å². The van der Waals surface area contributed by atoms with Gasteiger partial charge in [-0.1, -0.05) is 27.5 Å². The molecule has 1 unspecified atom stereocenters. The molecule has 1 aromatic rings. The molecule has 0 saturated heterocycles. The lowest BCUT2D eigenvalue weighted by Crippen LogP contribution is -2.30. The predicted octanol–water partition coefficient (Wildman–Crippen LogP) is 3.38. The van der Waals surface area contributed by atoms with Gasteiger partial charge in [0, 0.05) is 16.9 Å². The van der Waals surface area contributed by atoms with Gasteiger partial charge < -0.3 is 5.32 Å². The van der Waals surface area contributed by atoms with Crippen LogP contribution in [0.2, 0.25) is 5.02 Å². The van der Waals surface area contributed by atoms with E-state index in [1.54, 1.807) is 0 Å². The third-order valence-electron chi connectivity index (χ3n) is 2.77. The van der Waals surface area contributed by atoms with Gasteiger partial charge in [0.2, 0.25) is 0 Å². The van der Waals surface area contributed by atoms with E-state index in [1.807, 2.05) is 0 Å². The van der Waals surface area contributed by atoms with E-state index in [0.29, 0.717) is 22.9 Å². The average Bonchev–Trinajstić information content (AvgIpc) is 3.13. The third-order valence-corrected chi connectivity index (χ3v) is 4.13. The van der Waals surface area contributed by atoms with Crippen LogP contribution in [0.5, 0.6) is 0 Å². The van der Waals surface area contributed by atoms with Crippen LogP contribution in [0.4, 0.5) is 4.39 Å². The van der Waals surface area contributed by atoms with Gasteiger partial charge in [-0.2, -0.15) is 0 Å². The minimum Gasteiger partial charge on any atom is -0.351 e. The lowest BCUT2D eigenvalue weighted by atomic mass is 10.2. The number of hydrogen-bond donors (Lipinski definition) is 1. The lowest BCUT2D eigenvalue weighted by Gasteiger charge is -2.10. The number of carbonyl (C=O) groups excluding carboxylic acids is 1. The zero-order valence-corrected chi connectivity index (χ0v) is 11.4. The zero-order valence-electron chi connectivity index (χ0n) is 9.05. The molecule has 92 valence electrons. The molecule has 17 heavy (non-hydrogen) atoms. The molecule has 1 amide bonds. The van der Waals surface area contributed by atoms with Crippen LogP contribution in [0.25, 0.3) is 0 Å². The topological polar surface area (TPSA) is 29.1 Å². The highest BCUT2D eigenvalue weighted by Gasteiger charge is 2.29. The number of hydrogen-bond acceptors (Lipinski definition) is 1. The lowest BCUT2D eigenvalue weighted by molar-refractivity contribution is 0.0953. The Morgan fingerprint density at radius 3 is 2.88 bits per heavy atom. The monoisotopic (exact) mass is 319 g/mol. The zero-order chi connectivity index (χ0) is 12.4. The molecule has 1 N–H and O–H groups in total. The number of halogens is 3. The van der Waals surface area contributed by atoms with Crippen LogP contribution in [0.3, 0.4) is 0 Å². The normalized spacial score (nSPS) is 16.6. The molecular weight excluding hydrogens is 308 g/mol. The van der Waals surface area contributed by atoms with Gasteiger partial charge in [-0.25, -0.2) is 4.39 Å². The summed E-state index contributed by atoms with van der Waals surface area (Å²) in [5.74, 6) is -0.0660. The summed E-state index contributed by atoms with van der Waals surface area (Å²) in [5.41, 5.74) is 0.381. The molecule has 0 bridgehead atoms. The summed E-state index contributed by atoms with van der Waals surface area (Å²) in [7, 11) is 0. The molecule has 1 atom stereocenters. The second-order valence-corrected chi connectivity index (χ2v) is 5.78. The van der Waals surface area contributed by atoms with Gasteiger partial charge >= 0.3 is 0 Å². The minimum atomic E-state index is -0.514. The van der Waals surface area contributed by atoms with Gasteiger partial charge in [-0.05, 0) is 37.0 Å². The van der Waals surface area contributed by atoms with Crippen molar-refractivity contribution in [3.8, 4) is 0 Å². The number of rotatable bonds is 4. The quantitative estimate of drug-likeness (QED) is 0.847. The largest absolute Gasteiger partial charge is 0.351 e. The van der Waals surface area contributed by atoms with Crippen molar-refractivity contribution in [3.63, 3.8) is 0 Å². The molecule has 2 nitrogen and oxygen atoms in total. The van der Waals surface area contributed by atoms with Crippen LogP contribution in [-0.4, -0.2) is 17.3 Å². The van der Waals surface area contributed by atoms with Gasteiger partial charge in [0.15, 0.2) is 0 Å². The Morgan fingerprint density at radius 1 is 1.59 bits per heavy atom. The fraction of sp³-hybridized carbons (Fsp3) is 0.417. The first-order valence-corrected chi connectivity index (χ1v) is 6.74. The standard InChI is InChI=1S/C12H12BrClFNO/c13-9(7-1-2-7)6-16-12(17)8-3-4-11(15)10(14)5-8/h3-5,7,9H,1-2,6H2,(H,16,17). The fourth-order valence-electron chi connectivity index (χ4n) is 1.55. The van der Waals surface area contributed by atoms with E-state index in [9.17, 15) is 9.18 Å². The van der Waals surface area contributed by atoms with Crippen molar-refractivity contribution < 1.29 is 9.18 Å². The first-order chi connectivity index (χ1) is 8.08. The van der Waals surface area contributed by atoms with Crippen molar-refractivity contribution in [2.75, 3.05) is 6.54 Å². The van der Waals surface area contributed by atoms with Crippen LogP contribution < -0.4 is 5.32 Å². The van der Waals surface area contributed by atoms with Gasteiger partial charge in [-0.15, -0.1) is 0 Å². The van der Waals surface area contributed by atoms with E-state index in [0.717, 1.165) is 0 Å².